The third-order valence-electron chi connectivity index (χ3n) is 3.78. The third kappa shape index (κ3) is 3.49. The summed E-state index contributed by atoms with van der Waals surface area (Å²) in [5.74, 6) is 2.13. The first-order chi connectivity index (χ1) is 9.61. The molecular formula is C14H26N6. The van der Waals surface area contributed by atoms with E-state index >= 15 is 0 Å². The number of rotatable bonds is 5. The van der Waals surface area contributed by atoms with Gasteiger partial charge in [-0.15, -0.1) is 0 Å². The van der Waals surface area contributed by atoms with Gasteiger partial charge < -0.3 is 15.1 Å². The van der Waals surface area contributed by atoms with Crippen molar-refractivity contribution in [2.75, 3.05) is 42.8 Å². The highest BCUT2D eigenvalue weighted by Gasteiger charge is 2.21. The lowest BCUT2D eigenvalue weighted by Gasteiger charge is -2.31. The molecular weight excluding hydrogens is 252 g/mol. The van der Waals surface area contributed by atoms with E-state index in [0.717, 1.165) is 12.5 Å². The van der Waals surface area contributed by atoms with Crippen LogP contribution in [0.15, 0.2) is 0 Å². The molecule has 6 heteroatoms. The first-order valence-corrected chi connectivity index (χ1v) is 7.52. The molecule has 1 fully saturated rings. The molecule has 1 aliphatic carbocycles. The minimum Gasteiger partial charge on any atom is -0.354 e. The van der Waals surface area contributed by atoms with Gasteiger partial charge in [0.15, 0.2) is 0 Å². The number of hydrogen-bond acceptors (Lipinski definition) is 6. The Hall–Kier alpha value is -1.59. The molecule has 0 aliphatic heterocycles. The molecule has 0 spiro atoms. The van der Waals surface area contributed by atoms with Gasteiger partial charge in [-0.3, -0.25) is 0 Å². The van der Waals surface area contributed by atoms with Crippen LogP contribution in [0.2, 0.25) is 0 Å². The van der Waals surface area contributed by atoms with E-state index in [1.807, 2.05) is 25.9 Å². The summed E-state index contributed by atoms with van der Waals surface area (Å²) in [6.45, 7) is 2.85. The lowest BCUT2D eigenvalue weighted by Crippen LogP contribution is -2.35. The van der Waals surface area contributed by atoms with Crippen LogP contribution >= 0.6 is 0 Å². The SMILES string of the molecule is CCNc1nc(N(C)C)nc(N(C)C2CCCCC2)n1. The molecule has 20 heavy (non-hydrogen) atoms. The maximum absolute atomic E-state index is 4.58. The van der Waals surface area contributed by atoms with Gasteiger partial charge in [-0.1, -0.05) is 19.3 Å². The molecule has 0 unspecified atom stereocenters. The first-order valence-electron chi connectivity index (χ1n) is 7.52. The van der Waals surface area contributed by atoms with Gasteiger partial charge in [0.1, 0.15) is 0 Å². The number of nitrogens with one attached hydrogen (secondary N) is 1. The minimum atomic E-state index is 0.552. The molecule has 112 valence electrons. The molecule has 0 bridgehead atoms. The summed E-state index contributed by atoms with van der Waals surface area (Å²) in [6, 6.07) is 0.552. The second-order valence-electron chi connectivity index (χ2n) is 5.59. The Balaban J connectivity index is 2.23. The molecule has 1 N–H and O–H groups in total. The van der Waals surface area contributed by atoms with Gasteiger partial charge in [0.2, 0.25) is 17.8 Å². The normalized spacial score (nSPS) is 16.0. The summed E-state index contributed by atoms with van der Waals surface area (Å²) in [7, 11) is 6.01. The molecule has 1 aliphatic rings. The molecule has 0 atom stereocenters. The van der Waals surface area contributed by atoms with E-state index in [1.54, 1.807) is 0 Å². The topological polar surface area (TPSA) is 57.2 Å². The molecule has 1 aromatic rings. The van der Waals surface area contributed by atoms with Gasteiger partial charge in [-0.25, -0.2) is 0 Å². The van der Waals surface area contributed by atoms with Gasteiger partial charge in [0.05, 0.1) is 0 Å². The van der Waals surface area contributed by atoms with E-state index in [1.165, 1.54) is 32.1 Å². The van der Waals surface area contributed by atoms with Crippen molar-refractivity contribution in [1.29, 1.82) is 0 Å². The van der Waals surface area contributed by atoms with Gasteiger partial charge in [-0.05, 0) is 19.8 Å². The average molecular weight is 278 g/mol. The molecule has 0 saturated heterocycles. The van der Waals surface area contributed by atoms with E-state index in [2.05, 4.69) is 32.2 Å². The second-order valence-corrected chi connectivity index (χ2v) is 5.59. The number of anilines is 3. The first kappa shape index (κ1) is 14.8. The van der Waals surface area contributed by atoms with E-state index in [9.17, 15) is 0 Å². The summed E-state index contributed by atoms with van der Waals surface area (Å²) in [6.07, 6.45) is 6.43. The summed E-state index contributed by atoms with van der Waals surface area (Å²) in [5.41, 5.74) is 0. The molecule has 0 aromatic carbocycles. The fourth-order valence-electron chi connectivity index (χ4n) is 2.58. The minimum absolute atomic E-state index is 0.552. The van der Waals surface area contributed by atoms with Crippen molar-refractivity contribution < 1.29 is 0 Å². The van der Waals surface area contributed by atoms with Crippen molar-refractivity contribution in [3.8, 4) is 0 Å². The monoisotopic (exact) mass is 278 g/mol. The van der Waals surface area contributed by atoms with Crippen LogP contribution in [-0.4, -0.2) is 48.7 Å². The highest BCUT2D eigenvalue weighted by Crippen LogP contribution is 2.25. The third-order valence-corrected chi connectivity index (χ3v) is 3.78. The van der Waals surface area contributed by atoms with Crippen molar-refractivity contribution in [1.82, 2.24) is 15.0 Å². The molecule has 1 saturated carbocycles. The Morgan fingerprint density at radius 1 is 1.00 bits per heavy atom. The van der Waals surface area contributed by atoms with Crippen LogP contribution in [0.25, 0.3) is 0 Å². The summed E-state index contributed by atoms with van der Waals surface area (Å²) >= 11 is 0. The maximum atomic E-state index is 4.58. The Morgan fingerprint density at radius 2 is 1.65 bits per heavy atom. The van der Waals surface area contributed by atoms with Crippen LogP contribution in [0.5, 0.6) is 0 Å². The predicted octanol–water partition coefficient (Wildman–Crippen LogP) is 2.14. The largest absolute Gasteiger partial charge is 0.354 e. The van der Waals surface area contributed by atoms with Gasteiger partial charge in [-0.2, -0.15) is 15.0 Å². The fourth-order valence-corrected chi connectivity index (χ4v) is 2.58. The fraction of sp³-hybridized carbons (Fsp3) is 0.786. The van der Waals surface area contributed by atoms with E-state index in [0.29, 0.717) is 17.9 Å². The number of aromatic nitrogens is 3. The lowest BCUT2D eigenvalue weighted by molar-refractivity contribution is 0.424. The zero-order chi connectivity index (χ0) is 14.5. The Kier molecular flexibility index (Phi) is 4.98. The molecule has 0 amide bonds. The van der Waals surface area contributed by atoms with Crippen molar-refractivity contribution in [3.05, 3.63) is 0 Å². The van der Waals surface area contributed by atoms with Gasteiger partial charge in [0.25, 0.3) is 0 Å². The van der Waals surface area contributed by atoms with Crippen molar-refractivity contribution in [2.45, 2.75) is 45.1 Å². The standard InChI is InChI=1S/C14H26N6/c1-5-15-12-16-13(19(2)3)18-14(17-12)20(4)11-9-7-6-8-10-11/h11H,5-10H2,1-4H3,(H,15,16,17,18). The highest BCUT2D eigenvalue weighted by molar-refractivity contribution is 5.44. The van der Waals surface area contributed by atoms with Crippen LogP contribution in [0.1, 0.15) is 39.0 Å². The van der Waals surface area contributed by atoms with Gasteiger partial charge >= 0.3 is 0 Å². The predicted molar refractivity (Wildman–Crippen MR) is 83.6 cm³/mol. The summed E-state index contributed by atoms with van der Waals surface area (Å²) < 4.78 is 0. The van der Waals surface area contributed by atoms with E-state index in [4.69, 9.17) is 0 Å². The Morgan fingerprint density at radius 3 is 2.25 bits per heavy atom. The summed E-state index contributed by atoms with van der Waals surface area (Å²) in [4.78, 5) is 17.7. The lowest BCUT2D eigenvalue weighted by atomic mass is 9.95. The van der Waals surface area contributed by atoms with Crippen LogP contribution in [0.4, 0.5) is 17.8 Å². The van der Waals surface area contributed by atoms with Crippen LogP contribution < -0.4 is 15.1 Å². The number of hydrogen-bond donors (Lipinski definition) is 1. The molecule has 1 aromatic heterocycles. The van der Waals surface area contributed by atoms with Crippen molar-refractivity contribution >= 4 is 17.8 Å². The molecule has 1 heterocycles. The Bertz CT molecular complexity index is 428. The Labute approximate surface area is 121 Å². The zero-order valence-electron chi connectivity index (χ0n) is 13.1. The smallest absolute Gasteiger partial charge is 0.231 e. The van der Waals surface area contributed by atoms with E-state index in [-0.39, 0.29) is 0 Å². The highest BCUT2D eigenvalue weighted by atomic mass is 15.3. The van der Waals surface area contributed by atoms with Crippen molar-refractivity contribution in [3.63, 3.8) is 0 Å². The summed E-state index contributed by atoms with van der Waals surface area (Å²) in [5, 5.41) is 3.19. The van der Waals surface area contributed by atoms with Crippen LogP contribution in [0, 0.1) is 0 Å². The molecule has 6 nitrogen and oxygen atoms in total. The molecule has 0 radical (unpaired) electrons. The zero-order valence-corrected chi connectivity index (χ0v) is 13.1. The maximum Gasteiger partial charge on any atom is 0.231 e. The quantitative estimate of drug-likeness (QED) is 0.890. The average Bonchev–Trinajstić information content (AvgIpc) is 2.47. The second kappa shape index (κ2) is 6.72. The molecule has 2 rings (SSSR count). The van der Waals surface area contributed by atoms with Crippen LogP contribution in [0.3, 0.4) is 0 Å². The van der Waals surface area contributed by atoms with Gasteiger partial charge in [0, 0.05) is 33.7 Å². The number of nitrogens with zero attached hydrogens (tertiary/aromatic N) is 5. The van der Waals surface area contributed by atoms with Crippen molar-refractivity contribution in [2.24, 2.45) is 0 Å². The van der Waals surface area contributed by atoms with Crippen LogP contribution in [-0.2, 0) is 0 Å². The van der Waals surface area contributed by atoms with E-state index < -0.39 is 0 Å².